The Kier molecular flexibility index (Phi) is 3.21. The maximum atomic E-state index is 13.4. The van der Waals surface area contributed by atoms with E-state index in [1.807, 2.05) is 13.0 Å². The Balaban J connectivity index is 1.75. The largest absolute Gasteiger partial charge is 0.326 e. The fourth-order valence-corrected chi connectivity index (χ4v) is 3.73. The Morgan fingerprint density at radius 2 is 1.95 bits per heavy atom. The van der Waals surface area contributed by atoms with Crippen LogP contribution in [0.2, 0.25) is 0 Å². The highest BCUT2D eigenvalue weighted by atomic mass is 35.5. The number of nitrogens with zero attached hydrogens (tertiary/aromatic N) is 2. The van der Waals surface area contributed by atoms with Crippen LogP contribution in [0.3, 0.4) is 0 Å². The SMILES string of the molecule is CC(Cl)c1nc2cc(F)ccc2n1CC(C1CC1)C1CC1. The van der Waals surface area contributed by atoms with Crippen molar-refractivity contribution in [3.8, 4) is 0 Å². The maximum absolute atomic E-state index is 13.4. The number of imidazole rings is 1. The third kappa shape index (κ3) is 2.57. The van der Waals surface area contributed by atoms with E-state index in [2.05, 4.69) is 9.55 Å². The Bertz CT molecular complexity index is 659. The quantitative estimate of drug-likeness (QED) is 0.718. The lowest BCUT2D eigenvalue weighted by Gasteiger charge is -2.19. The zero-order valence-electron chi connectivity index (χ0n) is 12.2. The highest BCUT2D eigenvalue weighted by Gasteiger charge is 2.41. The number of benzene rings is 1. The molecule has 1 atom stereocenters. The van der Waals surface area contributed by atoms with Crippen LogP contribution in [0.1, 0.15) is 43.8 Å². The first-order valence-corrected chi connectivity index (χ1v) is 8.37. The molecule has 1 heterocycles. The second kappa shape index (κ2) is 4.98. The minimum Gasteiger partial charge on any atom is -0.326 e. The molecule has 2 aliphatic carbocycles. The molecule has 1 aromatic carbocycles. The molecule has 1 aromatic heterocycles. The second-order valence-electron chi connectivity index (χ2n) is 6.67. The van der Waals surface area contributed by atoms with Gasteiger partial charge in [0.15, 0.2) is 0 Å². The molecule has 4 rings (SSSR count). The van der Waals surface area contributed by atoms with Crippen LogP contribution >= 0.6 is 11.6 Å². The van der Waals surface area contributed by atoms with E-state index in [0.717, 1.165) is 41.2 Å². The summed E-state index contributed by atoms with van der Waals surface area (Å²) in [4.78, 5) is 4.58. The van der Waals surface area contributed by atoms with E-state index in [0.29, 0.717) is 0 Å². The number of rotatable bonds is 5. The summed E-state index contributed by atoms with van der Waals surface area (Å²) in [5.74, 6) is 3.16. The van der Waals surface area contributed by atoms with Gasteiger partial charge in [0.05, 0.1) is 16.4 Å². The predicted octanol–water partition coefficient (Wildman–Crippen LogP) is 4.91. The van der Waals surface area contributed by atoms with E-state index in [1.165, 1.54) is 37.8 Å². The molecule has 1 unspecified atom stereocenters. The number of hydrogen-bond acceptors (Lipinski definition) is 1. The molecule has 0 spiro atoms. The molecule has 0 radical (unpaired) electrons. The van der Waals surface area contributed by atoms with E-state index in [1.54, 1.807) is 0 Å². The summed E-state index contributed by atoms with van der Waals surface area (Å²) in [6.45, 7) is 2.93. The van der Waals surface area contributed by atoms with E-state index >= 15 is 0 Å². The van der Waals surface area contributed by atoms with Crippen LogP contribution in [0.15, 0.2) is 18.2 Å². The maximum Gasteiger partial charge on any atom is 0.127 e. The lowest BCUT2D eigenvalue weighted by Crippen LogP contribution is -2.17. The molecular formula is C17H20ClFN2. The molecule has 0 saturated heterocycles. The lowest BCUT2D eigenvalue weighted by molar-refractivity contribution is 0.348. The molecule has 0 amide bonds. The van der Waals surface area contributed by atoms with Crippen molar-refractivity contribution in [3.63, 3.8) is 0 Å². The zero-order chi connectivity index (χ0) is 14.6. The van der Waals surface area contributed by atoms with Crippen LogP contribution in [-0.2, 0) is 6.54 Å². The van der Waals surface area contributed by atoms with Crippen molar-refractivity contribution in [2.75, 3.05) is 0 Å². The van der Waals surface area contributed by atoms with Gasteiger partial charge in [-0.3, -0.25) is 0 Å². The van der Waals surface area contributed by atoms with Gasteiger partial charge in [-0.1, -0.05) is 0 Å². The van der Waals surface area contributed by atoms with Gasteiger partial charge in [0.25, 0.3) is 0 Å². The number of aromatic nitrogens is 2. The van der Waals surface area contributed by atoms with Crippen LogP contribution in [0.4, 0.5) is 4.39 Å². The first kappa shape index (κ1) is 13.6. The van der Waals surface area contributed by atoms with Crippen LogP contribution in [0.5, 0.6) is 0 Å². The molecule has 112 valence electrons. The fourth-order valence-electron chi connectivity index (χ4n) is 3.56. The monoisotopic (exact) mass is 306 g/mol. The summed E-state index contributed by atoms with van der Waals surface area (Å²) < 4.78 is 15.7. The van der Waals surface area contributed by atoms with Gasteiger partial charge in [-0.15, -0.1) is 11.6 Å². The number of halogens is 2. The molecule has 21 heavy (non-hydrogen) atoms. The van der Waals surface area contributed by atoms with E-state index in [-0.39, 0.29) is 11.2 Å². The topological polar surface area (TPSA) is 17.8 Å². The minimum absolute atomic E-state index is 0.153. The van der Waals surface area contributed by atoms with Gasteiger partial charge in [-0.05, 0) is 62.5 Å². The van der Waals surface area contributed by atoms with Crippen LogP contribution < -0.4 is 0 Å². The van der Waals surface area contributed by atoms with Gasteiger partial charge in [0, 0.05) is 12.6 Å². The summed E-state index contributed by atoms with van der Waals surface area (Å²) >= 11 is 6.32. The van der Waals surface area contributed by atoms with Crippen molar-refractivity contribution in [3.05, 3.63) is 29.8 Å². The Hall–Kier alpha value is -1.09. The van der Waals surface area contributed by atoms with Gasteiger partial charge in [0.1, 0.15) is 11.6 Å². The average molecular weight is 307 g/mol. The molecule has 2 nitrogen and oxygen atoms in total. The summed E-state index contributed by atoms with van der Waals surface area (Å²) in [5, 5.41) is -0.153. The first-order chi connectivity index (χ1) is 10.1. The summed E-state index contributed by atoms with van der Waals surface area (Å²) in [7, 11) is 0. The van der Waals surface area contributed by atoms with E-state index in [9.17, 15) is 4.39 Å². The molecule has 0 aliphatic heterocycles. The van der Waals surface area contributed by atoms with Crippen molar-refractivity contribution in [2.45, 2.75) is 44.5 Å². The summed E-state index contributed by atoms with van der Waals surface area (Å²) in [5.41, 5.74) is 1.74. The normalized spacial score (nSPS) is 20.4. The molecular weight excluding hydrogens is 287 g/mol. The Labute approximate surface area is 129 Å². The van der Waals surface area contributed by atoms with Crippen LogP contribution in [0, 0.1) is 23.6 Å². The number of fused-ring (bicyclic) bond motifs is 1. The van der Waals surface area contributed by atoms with Crippen LogP contribution in [-0.4, -0.2) is 9.55 Å². The molecule has 2 fully saturated rings. The van der Waals surface area contributed by atoms with Gasteiger partial charge >= 0.3 is 0 Å². The molecule has 2 aromatic rings. The predicted molar refractivity (Wildman–Crippen MR) is 82.9 cm³/mol. The van der Waals surface area contributed by atoms with Gasteiger partial charge in [-0.2, -0.15) is 0 Å². The van der Waals surface area contributed by atoms with Crippen molar-refractivity contribution in [1.82, 2.24) is 9.55 Å². The van der Waals surface area contributed by atoms with Crippen molar-refractivity contribution in [1.29, 1.82) is 0 Å². The third-order valence-electron chi connectivity index (χ3n) is 4.94. The highest BCUT2D eigenvalue weighted by Crippen LogP contribution is 2.50. The van der Waals surface area contributed by atoms with Crippen LogP contribution in [0.25, 0.3) is 11.0 Å². The Morgan fingerprint density at radius 3 is 2.52 bits per heavy atom. The minimum atomic E-state index is -0.234. The van der Waals surface area contributed by atoms with Crippen molar-refractivity contribution < 1.29 is 4.39 Å². The molecule has 2 aliphatic rings. The molecule has 4 heteroatoms. The smallest absolute Gasteiger partial charge is 0.127 e. The summed E-state index contributed by atoms with van der Waals surface area (Å²) in [6.07, 6.45) is 5.48. The van der Waals surface area contributed by atoms with E-state index < -0.39 is 0 Å². The summed E-state index contributed by atoms with van der Waals surface area (Å²) in [6, 6.07) is 4.88. The Morgan fingerprint density at radius 1 is 1.29 bits per heavy atom. The molecule has 0 bridgehead atoms. The number of alkyl halides is 1. The highest BCUT2D eigenvalue weighted by molar-refractivity contribution is 6.20. The van der Waals surface area contributed by atoms with Crippen molar-refractivity contribution >= 4 is 22.6 Å². The second-order valence-corrected chi connectivity index (χ2v) is 7.32. The van der Waals surface area contributed by atoms with Gasteiger partial charge in [0.2, 0.25) is 0 Å². The molecule has 0 N–H and O–H groups in total. The van der Waals surface area contributed by atoms with E-state index in [4.69, 9.17) is 11.6 Å². The zero-order valence-corrected chi connectivity index (χ0v) is 13.0. The van der Waals surface area contributed by atoms with Crippen molar-refractivity contribution in [2.24, 2.45) is 17.8 Å². The van der Waals surface area contributed by atoms with Gasteiger partial charge < -0.3 is 4.57 Å². The standard InChI is InChI=1S/C17H20ClFN2/c1-10(18)17-20-15-8-13(19)6-7-16(15)21(17)9-14(11-2-3-11)12-4-5-12/h6-8,10-12,14H,2-5,9H2,1H3. The van der Waals surface area contributed by atoms with Gasteiger partial charge in [-0.25, -0.2) is 9.37 Å². The number of hydrogen-bond donors (Lipinski definition) is 0. The third-order valence-corrected chi connectivity index (χ3v) is 5.14. The first-order valence-electron chi connectivity index (χ1n) is 7.93. The average Bonchev–Trinajstić information content (AvgIpc) is 3.33. The fraction of sp³-hybridized carbons (Fsp3) is 0.588. The molecule has 2 saturated carbocycles. The lowest BCUT2D eigenvalue weighted by atomic mass is 9.97.